The minimum atomic E-state index is -1.38. The first kappa shape index (κ1) is 28.5. The monoisotopic (exact) mass is 515 g/mol. The Morgan fingerprint density at radius 1 is 0.895 bits per heavy atom. The fourth-order valence-electron chi connectivity index (χ4n) is 3.63. The van der Waals surface area contributed by atoms with Crippen molar-refractivity contribution in [2.75, 3.05) is 6.61 Å². The largest absolute Gasteiger partial charge is 0.493 e. The molecule has 0 fully saturated rings. The fourth-order valence-corrected chi connectivity index (χ4v) is 3.63. The molecule has 200 valence electrons. The van der Waals surface area contributed by atoms with Gasteiger partial charge in [0, 0.05) is 18.4 Å². The highest BCUT2D eigenvalue weighted by Crippen LogP contribution is 2.25. The van der Waals surface area contributed by atoms with Crippen LogP contribution in [0.15, 0.2) is 89.3 Å². The van der Waals surface area contributed by atoms with Crippen LogP contribution in [0.1, 0.15) is 50.6 Å². The predicted molar refractivity (Wildman–Crippen MR) is 150 cm³/mol. The number of carbonyl (C=O) groups is 1. The second-order valence-electron chi connectivity index (χ2n) is 9.26. The zero-order chi connectivity index (χ0) is 27.4. The molecule has 1 heterocycles. The summed E-state index contributed by atoms with van der Waals surface area (Å²) in [7, 11) is 0. The Labute approximate surface area is 225 Å². The summed E-state index contributed by atoms with van der Waals surface area (Å²) in [4.78, 5) is 16.5. The Morgan fingerprint density at radius 3 is 2.08 bits per heavy atom. The van der Waals surface area contributed by atoms with Gasteiger partial charge in [0.25, 0.3) is 0 Å². The van der Waals surface area contributed by atoms with Crippen LogP contribution in [0.3, 0.4) is 0 Å². The van der Waals surface area contributed by atoms with Crippen LogP contribution in [-0.2, 0) is 17.6 Å². The van der Waals surface area contributed by atoms with E-state index in [2.05, 4.69) is 18.8 Å². The first-order chi connectivity index (χ1) is 18.3. The van der Waals surface area contributed by atoms with Crippen LogP contribution in [0.5, 0.6) is 11.5 Å². The molecule has 4 aromatic rings. The average Bonchev–Trinajstić information content (AvgIpc) is 3.31. The van der Waals surface area contributed by atoms with Gasteiger partial charge in [0.1, 0.15) is 17.3 Å². The molecule has 1 N–H and O–H groups in total. The molecule has 0 spiro atoms. The molecular formula is C32H37NO5. The van der Waals surface area contributed by atoms with Crippen molar-refractivity contribution >= 4 is 5.97 Å². The molecule has 0 amide bonds. The van der Waals surface area contributed by atoms with Crippen LogP contribution in [0.4, 0.5) is 0 Å². The van der Waals surface area contributed by atoms with Crippen LogP contribution in [-0.4, -0.2) is 28.3 Å². The Bertz CT molecular complexity index is 1250. The number of hydrogen-bond acceptors (Lipinski definition) is 5. The van der Waals surface area contributed by atoms with Gasteiger partial charge in [0.15, 0.2) is 0 Å². The van der Waals surface area contributed by atoms with Gasteiger partial charge in [-0.15, -0.1) is 0 Å². The third kappa shape index (κ3) is 8.23. The first-order valence-corrected chi connectivity index (χ1v) is 13.1. The molecule has 1 unspecified atom stereocenters. The lowest BCUT2D eigenvalue weighted by Gasteiger charge is -2.26. The van der Waals surface area contributed by atoms with Gasteiger partial charge in [0.2, 0.25) is 11.5 Å². The smallest absolute Gasteiger partial charge is 0.348 e. The number of unbranched alkanes of at least 4 members (excludes halogenated alkanes) is 1. The fraction of sp³-hybridized carbons (Fsp3) is 0.312. The summed E-state index contributed by atoms with van der Waals surface area (Å²) in [5.74, 6) is 1.59. The summed E-state index contributed by atoms with van der Waals surface area (Å²) < 4.78 is 17.5. The molecule has 1 aromatic heterocycles. The molecule has 0 bridgehead atoms. The lowest BCUT2D eigenvalue weighted by atomic mass is 9.96. The third-order valence-corrected chi connectivity index (χ3v) is 6.02. The van der Waals surface area contributed by atoms with Crippen LogP contribution in [0.25, 0.3) is 11.5 Å². The van der Waals surface area contributed by atoms with Crippen LogP contribution < -0.4 is 9.47 Å². The Balaban J connectivity index is 0.000000934. The molecule has 0 saturated carbocycles. The number of ether oxygens (including phenoxy) is 2. The molecule has 1 atom stereocenters. The van der Waals surface area contributed by atoms with Gasteiger partial charge in [0.05, 0.1) is 12.3 Å². The van der Waals surface area contributed by atoms with Crippen molar-refractivity contribution in [1.29, 1.82) is 0 Å². The highest BCUT2D eigenvalue weighted by molar-refractivity contribution is 5.78. The summed E-state index contributed by atoms with van der Waals surface area (Å²) in [5.41, 5.74) is 1.27. The maximum atomic E-state index is 11.9. The summed E-state index contributed by atoms with van der Waals surface area (Å²) in [6.45, 7) is 8.29. The van der Waals surface area contributed by atoms with Crippen molar-refractivity contribution in [3.05, 3.63) is 102 Å². The topological polar surface area (TPSA) is 81.8 Å². The van der Waals surface area contributed by atoms with E-state index in [9.17, 15) is 9.90 Å². The van der Waals surface area contributed by atoms with Crippen LogP contribution in [0, 0.1) is 6.92 Å². The molecule has 0 aliphatic carbocycles. The molecule has 6 heteroatoms. The number of aromatic nitrogens is 1. The van der Waals surface area contributed by atoms with E-state index >= 15 is 0 Å². The molecule has 0 radical (unpaired) electrons. The quantitative estimate of drug-likeness (QED) is 0.222. The predicted octanol–water partition coefficient (Wildman–Crippen LogP) is 7.54. The number of rotatable bonds is 11. The number of aliphatic carboxylic acids is 1. The summed E-state index contributed by atoms with van der Waals surface area (Å²) in [6, 6.07) is 26.2. The van der Waals surface area contributed by atoms with Crippen molar-refractivity contribution in [2.24, 2.45) is 0 Å². The molecule has 0 saturated heterocycles. The summed E-state index contributed by atoms with van der Waals surface area (Å²) >= 11 is 0. The number of carboxylic acids is 1. The Morgan fingerprint density at radius 2 is 1.50 bits per heavy atom. The number of carboxylic acid groups (broad SMARTS) is 1. The van der Waals surface area contributed by atoms with Crippen molar-refractivity contribution in [3.8, 4) is 23.0 Å². The van der Waals surface area contributed by atoms with E-state index in [4.69, 9.17) is 13.9 Å². The normalized spacial score (nSPS) is 12.1. The molecule has 6 nitrogen and oxygen atoms in total. The highest BCUT2D eigenvalue weighted by atomic mass is 16.5. The van der Waals surface area contributed by atoms with Gasteiger partial charge in [-0.1, -0.05) is 75.2 Å². The van der Waals surface area contributed by atoms with Crippen molar-refractivity contribution < 1.29 is 23.8 Å². The second-order valence-corrected chi connectivity index (χ2v) is 9.26. The summed E-state index contributed by atoms with van der Waals surface area (Å²) in [6.07, 6.45) is 3.48. The first-order valence-electron chi connectivity index (χ1n) is 13.1. The minimum Gasteiger partial charge on any atom is -0.493 e. The van der Waals surface area contributed by atoms with Crippen LogP contribution in [0.2, 0.25) is 0 Å². The summed E-state index contributed by atoms with van der Waals surface area (Å²) in [5, 5.41) is 9.77. The standard InChI is InChI=1S/C28H27NO5.C4H10/c1-20-25(29-26(33-20)22-9-5-3-6-10-22)17-18-32-23-15-13-21(14-16-23)19-28(2,27(30)31)34-24-11-7-4-8-12-24;1-3-4-2/h3-16H,17-19H2,1-2H3,(H,30,31);3-4H2,1-2H3. The number of benzene rings is 3. The van der Waals surface area contributed by atoms with E-state index < -0.39 is 11.6 Å². The average molecular weight is 516 g/mol. The maximum absolute atomic E-state index is 11.9. The van der Waals surface area contributed by atoms with E-state index in [0.29, 0.717) is 30.4 Å². The number of oxazole rings is 1. The van der Waals surface area contributed by atoms with Crippen molar-refractivity contribution in [1.82, 2.24) is 4.98 Å². The molecular weight excluding hydrogens is 478 g/mol. The van der Waals surface area contributed by atoms with E-state index in [1.54, 1.807) is 19.1 Å². The number of hydrogen-bond donors (Lipinski definition) is 1. The van der Waals surface area contributed by atoms with Crippen molar-refractivity contribution in [2.45, 2.75) is 59.0 Å². The SMILES string of the molecule is CCCC.Cc1oc(-c2ccccc2)nc1CCOc1ccc(CC(C)(Oc2ccccc2)C(=O)O)cc1. The van der Waals surface area contributed by atoms with Gasteiger partial charge >= 0.3 is 5.97 Å². The number of aryl methyl sites for hydroxylation is 1. The van der Waals surface area contributed by atoms with Gasteiger partial charge in [-0.05, 0) is 55.8 Å². The van der Waals surface area contributed by atoms with E-state index in [1.165, 1.54) is 12.8 Å². The van der Waals surface area contributed by atoms with Gasteiger partial charge in [-0.25, -0.2) is 9.78 Å². The van der Waals surface area contributed by atoms with E-state index in [-0.39, 0.29) is 6.42 Å². The zero-order valence-electron chi connectivity index (χ0n) is 22.6. The zero-order valence-corrected chi connectivity index (χ0v) is 22.6. The lowest BCUT2D eigenvalue weighted by molar-refractivity contribution is -0.153. The maximum Gasteiger partial charge on any atom is 0.348 e. The molecule has 0 aliphatic heterocycles. The second kappa shape index (κ2) is 14.0. The minimum absolute atomic E-state index is 0.220. The highest BCUT2D eigenvalue weighted by Gasteiger charge is 2.36. The third-order valence-electron chi connectivity index (χ3n) is 6.02. The van der Waals surface area contributed by atoms with Crippen LogP contribution >= 0.6 is 0 Å². The lowest BCUT2D eigenvalue weighted by Crippen LogP contribution is -2.43. The molecule has 4 rings (SSSR count). The molecule has 0 aliphatic rings. The van der Waals surface area contributed by atoms with Gasteiger partial charge < -0.3 is 19.0 Å². The van der Waals surface area contributed by atoms with E-state index in [1.807, 2.05) is 79.7 Å². The molecule has 38 heavy (non-hydrogen) atoms. The number of nitrogens with zero attached hydrogens (tertiary/aromatic N) is 1. The Kier molecular flexibility index (Phi) is 10.5. The molecule has 3 aromatic carbocycles. The van der Waals surface area contributed by atoms with Gasteiger partial charge in [-0.3, -0.25) is 0 Å². The van der Waals surface area contributed by atoms with Gasteiger partial charge in [-0.2, -0.15) is 0 Å². The number of para-hydroxylation sites is 1. The van der Waals surface area contributed by atoms with Crippen molar-refractivity contribution in [3.63, 3.8) is 0 Å². The Hall–Kier alpha value is -4.06. The van der Waals surface area contributed by atoms with E-state index in [0.717, 1.165) is 22.6 Å².